The van der Waals surface area contributed by atoms with Crippen molar-refractivity contribution in [2.24, 2.45) is 0 Å². The molecule has 1 fully saturated rings. The number of benzene rings is 2. The molecule has 3 aromatic rings. The van der Waals surface area contributed by atoms with Gasteiger partial charge in [-0.05, 0) is 44.2 Å². The van der Waals surface area contributed by atoms with Crippen LogP contribution in [0, 0.1) is 0 Å². The average molecular weight is 440 g/mol. The Morgan fingerprint density at radius 2 is 1.68 bits per heavy atom. The van der Waals surface area contributed by atoms with E-state index in [1.165, 1.54) is 5.56 Å². The fourth-order valence-corrected chi connectivity index (χ4v) is 4.33. The monoisotopic (exact) mass is 439 g/mol. The molecule has 0 bridgehead atoms. The molecule has 4 rings (SSSR count). The molecule has 1 aromatic heterocycles. The van der Waals surface area contributed by atoms with Crippen molar-refractivity contribution in [2.75, 3.05) is 35.8 Å². The maximum Gasteiger partial charge on any atom is 0.235 e. The second-order valence-corrected chi connectivity index (χ2v) is 10.4. The van der Waals surface area contributed by atoms with Gasteiger partial charge in [0.05, 0.1) is 22.8 Å². The van der Waals surface area contributed by atoms with E-state index >= 15 is 0 Å². The summed E-state index contributed by atoms with van der Waals surface area (Å²) in [6.45, 7) is 7.90. The second-order valence-electron chi connectivity index (χ2n) is 8.14. The fourth-order valence-electron chi connectivity index (χ4n) is 3.63. The highest BCUT2D eigenvalue weighted by Crippen LogP contribution is 2.23. The van der Waals surface area contributed by atoms with Crippen molar-refractivity contribution in [2.45, 2.75) is 25.6 Å². The highest BCUT2D eigenvalue weighted by Gasteiger charge is 2.20. The first kappa shape index (κ1) is 21.4. The number of rotatable bonds is 7. The number of nitrogens with zero attached hydrogens (tertiary/aromatic N) is 4. The summed E-state index contributed by atoms with van der Waals surface area (Å²) in [6, 6.07) is 17.8. The van der Waals surface area contributed by atoms with E-state index in [0.29, 0.717) is 5.69 Å². The standard InChI is InChI=1S/C23H29N5O2S/c1-19(2)31(29,30)25-21-7-6-10-23(15-21)27-13-11-26(12-14-27)17-20-16-24-28(18-20)22-8-4-3-5-9-22/h3-10,15-16,18-19,25H,11-14,17H2,1-2H3. The van der Waals surface area contributed by atoms with E-state index in [-0.39, 0.29) is 0 Å². The van der Waals surface area contributed by atoms with Crippen molar-refractivity contribution in [3.63, 3.8) is 0 Å². The molecular formula is C23H29N5O2S. The third-order valence-electron chi connectivity index (χ3n) is 5.53. The highest BCUT2D eigenvalue weighted by atomic mass is 32.2. The summed E-state index contributed by atoms with van der Waals surface area (Å²) in [7, 11) is -3.34. The summed E-state index contributed by atoms with van der Waals surface area (Å²) in [6.07, 6.45) is 4.02. The Morgan fingerprint density at radius 1 is 0.968 bits per heavy atom. The third-order valence-corrected chi connectivity index (χ3v) is 7.29. The summed E-state index contributed by atoms with van der Waals surface area (Å²) >= 11 is 0. The minimum absolute atomic E-state index is 0.467. The van der Waals surface area contributed by atoms with E-state index in [0.717, 1.165) is 44.1 Å². The molecule has 1 aliphatic rings. The van der Waals surface area contributed by atoms with Crippen LogP contribution in [0.5, 0.6) is 0 Å². The van der Waals surface area contributed by atoms with E-state index in [9.17, 15) is 8.42 Å². The fraction of sp³-hybridized carbons (Fsp3) is 0.348. The van der Waals surface area contributed by atoms with E-state index in [1.54, 1.807) is 19.9 Å². The van der Waals surface area contributed by atoms with Gasteiger partial charge in [-0.3, -0.25) is 9.62 Å². The van der Waals surface area contributed by atoms with Gasteiger partial charge in [0, 0.05) is 50.2 Å². The second kappa shape index (κ2) is 9.11. The number of hydrogen-bond acceptors (Lipinski definition) is 5. The molecule has 0 radical (unpaired) electrons. The summed E-state index contributed by atoms with van der Waals surface area (Å²) in [4.78, 5) is 4.73. The summed E-state index contributed by atoms with van der Waals surface area (Å²) in [5.41, 5.74) is 3.91. The number of para-hydroxylation sites is 1. The molecule has 0 spiro atoms. The maximum absolute atomic E-state index is 12.2. The molecule has 31 heavy (non-hydrogen) atoms. The molecule has 1 saturated heterocycles. The van der Waals surface area contributed by atoms with Gasteiger partial charge in [0.1, 0.15) is 0 Å². The van der Waals surface area contributed by atoms with Gasteiger partial charge in [0.2, 0.25) is 10.0 Å². The Bertz CT molecular complexity index is 1100. The van der Waals surface area contributed by atoms with Crippen LogP contribution in [-0.4, -0.2) is 54.5 Å². The van der Waals surface area contributed by atoms with Gasteiger partial charge in [-0.2, -0.15) is 5.10 Å². The van der Waals surface area contributed by atoms with Crippen LogP contribution in [0.25, 0.3) is 5.69 Å². The lowest BCUT2D eigenvalue weighted by Gasteiger charge is -2.36. The molecule has 1 N–H and O–H groups in total. The van der Waals surface area contributed by atoms with E-state index in [1.807, 2.05) is 59.4 Å². The largest absolute Gasteiger partial charge is 0.369 e. The molecule has 0 amide bonds. The SMILES string of the molecule is CC(C)S(=O)(=O)Nc1cccc(N2CCN(Cc3cnn(-c4ccccc4)c3)CC2)c1. The van der Waals surface area contributed by atoms with Crippen molar-refractivity contribution < 1.29 is 8.42 Å². The van der Waals surface area contributed by atoms with Crippen LogP contribution in [0.1, 0.15) is 19.4 Å². The van der Waals surface area contributed by atoms with Crippen molar-refractivity contribution >= 4 is 21.4 Å². The molecule has 1 aliphatic heterocycles. The number of hydrogen-bond donors (Lipinski definition) is 1. The Kier molecular flexibility index (Phi) is 6.29. The summed E-state index contributed by atoms with van der Waals surface area (Å²) in [5.74, 6) is 0. The third kappa shape index (κ3) is 5.26. The van der Waals surface area contributed by atoms with Gasteiger partial charge in [-0.15, -0.1) is 0 Å². The zero-order chi connectivity index (χ0) is 21.8. The molecule has 0 atom stereocenters. The molecule has 8 heteroatoms. The summed E-state index contributed by atoms with van der Waals surface area (Å²) in [5, 5.41) is 4.02. The highest BCUT2D eigenvalue weighted by molar-refractivity contribution is 7.93. The van der Waals surface area contributed by atoms with Crippen LogP contribution in [0.15, 0.2) is 67.0 Å². The minimum Gasteiger partial charge on any atom is -0.369 e. The number of aromatic nitrogens is 2. The first-order chi connectivity index (χ1) is 14.9. The van der Waals surface area contributed by atoms with Gasteiger partial charge >= 0.3 is 0 Å². The van der Waals surface area contributed by atoms with Crippen LogP contribution in [0.2, 0.25) is 0 Å². The Labute approximate surface area is 184 Å². The van der Waals surface area contributed by atoms with Crippen LogP contribution in [-0.2, 0) is 16.6 Å². The van der Waals surface area contributed by atoms with Gasteiger partial charge in [0.25, 0.3) is 0 Å². The first-order valence-electron chi connectivity index (χ1n) is 10.6. The number of anilines is 2. The lowest BCUT2D eigenvalue weighted by molar-refractivity contribution is 0.250. The number of nitrogens with one attached hydrogen (secondary N) is 1. The Morgan fingerprint density at radius 3 is 2.39 bits per heavy atom. The zero-order valence-corrected chi connectivity index (χ0v) is 18.8. The van der Waals surface area contributed by atoms with Crippen molar-refractivity contribution in [1.29, 1.82) is 0 Å². The van der Waals surface area contributed by atoms with Crippen LogP contribution >= 0.6 is 0 Å². The molecule has 164 valence electrons. The van der Waals surface area contributed by atoms with E-state index < -0.39 is 15.3 Å². The molecular weight excluding hydrogens is 410 g/mol. The zero-order valence-electron chi connectivity index (χ0n) is 18.0. The molecule has 0 saturated carbocycles. The van der Waals surface area contributed by atoms with Crippen molar-refractivity contribution in [1.82, 2.24) is 14.7 Å². The quantitative estimate of drug-likeness (QED) is 0.611. The van der Waals surface area contributed by atoms with Crippen molar-refractivity contribution in [3.05, 3.63) is 72.6 Å². The molecule has 7 nitrogen and oxygen atoms in total. The van der Waals surface area contributed by atoms with Crippen LogP contribution < -0.4 is 9.62 Å². The molecule has 2 aromatic carbocycles. The van der Waals surface area contributed by atoms with Crippen molar-refractivity contribution in [3.8, 4) is 5.69 Å². The lowest BCUT2D eigenvalue weighted by Crippen LogP contribution is -2.45. The predicted octanol–water partition coefficient (Wildman–Crippen LogP) is 3.34. The average Bonchev–Trinajstić information content (AvgIpc) is 3.23. The molecule has 0 aliphatic carbocycles. The number of sulfonamides is 1. The predicted molar refractivity (Wildman–Crippen MR) is 125 cm³/mol. The smallest absolute Gasteiger partial charge is 0.235 e. The van der Waals surface area contributed by atoms with Gasteiger partial charge < -0.3 is 4.90 Å². The number of piperazine rings is 1. The topological polar surface area (TPSA) is 70.5 Å². The molecule has 0 unspecified atom stereocenters. The van der Waals surface area contributed by atoms with Gasteiger partial charge in [-0.25, -0.2) is 13.1 Å². The van der Waals surface area contributed by atoms with Gasteiger partial charge in [0.15, 0.2) is 0 Å². The summed E-state index contributed by atoms with van der Waals surface area (Å²) < 4.78 is 28.9. The van der Waals surface area contributed by atoms with Gasteiger partial charge in [-0.1, -0.05) is 24.3 Å². The molecule has 2 heterocycles. The Balaban J connectivity index is 1.34. The minimum atomic E-state index is -3.34. The lowest BCUT2D eigenvalue weighted by atomic mass is 10.2. The van der Waals surface area contributed by atoms with Crippen LogP contribution in [0.4, 0.5) is 11.4 Å². The normalized spacial score (nSPS) is 15.4. The van der Waals surface area contributed by atoms with E-state index in [4.69, 9.17) is 0 Å². The first-order valence-corrected chi connectivity index (χ1v) is 12.1. The van der Waals surface area contributed by atoms with Crippen LogP contribution in [0.3, 0.4) is 0 Å². The van der Waals surface area contributed by atoms with E-state index in [2.05, 4.69) is 25.8 Å². The Hall–Kier alpha value is -2.84. The maximum atomic E-state index is 12.2.